The van der Waals surface area contributed by atoms with E-state index in [1.807, 2.05) is 24.3 Å². The number of nitrogens with one attached hydrogen (secondary N) is 3. The van der Waals surface area contributed by atoms with E-state index in [0.717, 1.165) is 15.7 Å². The Labute approximate surface area is 170 Å². The Kier molecular flexibility index (Phi) is 5.12. The molecule has 0 fully saturated rings. The van der Waals surface area contributed by atoms with E-state index in [2.05, 4.69) is 72.8 Å². The molecule has 4 aromatic rings. The quantitative estimate of drug-likeness (QED) is 0.427. The number of halogens is 1. The van der Waals surface area contributed by atoms with Crippen molar-refractivity contribution in [3.05, 3.63) is 86.2 Å². The van der Waals surface area contributed by atoms with Crippen LogP contribution in [0.2, 0.25) is 0 Å². The SMILES string of the molecule is Cc1ccc(CNc2nc3nc(CNc4ccc(Br)cc4)cc(=O)n3[nH]2)cc1. The molecule has 2 aromatic heterocycles. The summed E-state index contributed by atoms with van der Waals surface area (Å²) < 4.78 is 2.35. The summed E-state index contributed by atoms with van der Waals surface area (Å²) in [6.07, 6.45) is 0. The molecule has 0 atom stereocenters. The number of fused-ring (bicyclic) bond motifs is 1. The zero-order valence-electron chi connectivity index (χ0n) is 15.2. The standard InChI is InChI=1S/C20H19BrN6O/c1-13-2-4-14(5-3-13)11-23-19-25-20-24-17(10-18(28)27(20)26-19)12-22-16-8-6-15(21)7-9-16/h2-10,22H,11-12H2,1H3,(H2,23,24,25,26). The summed E-state index contributed by atoms with van der Waals surface area (Å²) >= 11 is 3.41. The minimum atomic E-state index is -0.200. The van der Waals surface area contributed by atoms with Crippen molar-refractivity contribution < 1.29 is 0 Å². The number of benzene rings is 2. The van der Waals surface area contributed by atoms with Gasteiger partial charge in [-0.05, 0) is 36.8 Å². The Bertz CT molecular complexity index is 1150. The van der Waals surface area contributed by atoms with E-state index in [-0.39, 0.29) is 5.56 Å². The van der Waals surface area contributed by atoms with E-state index in [0.29, 0.717) is 30.5 Å². The van der Waals surface area contributed by atoms with E-state index in [4.69, 9.17) is 0 Å². The van der Waals surface area contributed by atoms with Crippen molar-refractivity contribution in [2.45, 2.75) is 20.0 Å². The molecule has 0 aliphatic rings. The number of aryl methyl sites for hydroxylation is 1. The largest absolute Gasteiger partial charge is 0.379 e. The van der Waals surface area contributed by atoms with Crippen LogP contribution in [0.25, 0.3) is 5.78 Å². The van der Waals surface area contributed by atoms with Crippen molar-refractivity contribution in [1.29, 1.82) is 0 Å². The lowest BCUT2D eigenvalue weighted by Gasteiger charge is -2.05. The van der Waals surface area contributed by atoms with Crippen molar-refractivity contribution >= 4 is 33.3 Å². The van der Waals surface area contributed by atoms with Gasteiger partial charge in [0.15, 0.2) is 0 Å². The van der Waals surface area contributed by atoms with Gasteiger partial charge in [0.25, 0.3) is 11.3 Å². The maximum atomic E-state index is 12.4. The number of anilines is 2. The predicted octanol–water partition coefficient (Wildman–Crippen LogP) is 3.71. The Morgan fingerprint density at radius 2 is 1.75 bits per heavy atom. The van der Waals surface area contributed by atoms with Gasteiger partial charge in [-0.1, -0.05) is 45.8 Å². The smallest absolute Gasteiger partial charge is 0.274 e. The zero-order valence-corrected chi connectivity index (χ0v) is 16.8. The molecule has 2 heterocycles. The van der Waals surface area contributed by atoms with Gasteiger partial charge in [-0.2, -0.15) is 9.50 Å². The first kappa shape index (κ1) is 18.2. The number of aromatic amines is 1. The Hall–Kier alpha value is -3.13. The number of aromatic nitrogens is 4. The summed E-state index contributed by atoms with van der Waals surface area (Å²) in [6, 6.07) is 17.6. The van der Waals surface area contributed by atoms with Gasteiger partial charge in [-0.25, -0.2) is 4.98 Å². The highest BCUT2D eigenvalue weighted by Crippen LogP contribution is 2.14. The lowest BCUT2D eigenvalue weighted by molar-refractivity contribution is 0.874. The lowest BCUT2D eigenvalue weighted by Crippen LogP contribution is -2.17. The molecule has 0 aliphatic carbocycles. The number of hydrogen-bond donors (Lipinski definition) is 3. The van der Waals surface area contributed by atoms with E-state index >= 15 is 0 Å². The summed E-state index contributed by atoms with van der Waals surface area (Å²) in [5.41, 5.74) is 3.73. The third-order valence-electron chi connectivity index (χ3n) is 4.28. The number of hydrogen-bond acceptors (Lipinski definition) is 5. The first-order chi connectivity index (χ1) is 13.6. The topological polar surface area (TPSA) is 87.1 Å². The average Bonchev–Trinajstić information content (AvgIpc) is 3.11. The highest BCUT2D eigenvalue weighted by atomic mass is 79.9. The van der Waals surface area contributed by atoms with Crippen LogP contribution in [0.4, 0.5) is 11.6 Å². The highest BCUT2D eigenvalue weighted by Gasteiger charge is 2.08. The minimum absolute atomic E-state index is 0.200. The first-order valence-electron chi connectivity index (χ1n) is 8.84. The lowest BCUT2D eigenvalue weighted by atomic mass is 10.1. The summed E-state index contributed by atoms with van der Waals surface area (Å²) in [5.74, 6) is 0.842. The molecule has 2 aromatic carbocycles. The Morgan fingerprint density at radius 1 is 1.00 bits per heavy atom. The highest BCUT2D eigenvalue weighted by molar-refractivity contribution is 9.10. The normalized spacial score (nSPS) is 10.9. The van der Waals surface area contributed by atoms with Gasteiger partial charge >= 0.3 is 0 Å². The van der Waals surface area contributed by atoms with Gasteiger partial charge in [-0.3, -0.25) is 9.89 Å². The fourth-order valence-corrected chi connectivity index (χ4v) is 3.01. The van der Waals surface area contributed by atoms with Gasteiger partial charge < -0.3 is 10.6 Å². The van der Waals surface area contributed by atoms with Gasteiger partial charge in [-0.15, -0.1) is 0 Å². The first-order valence-corrected chi connectivity index (χ1v) is 9.64. The fourth-order valence-electron chi connectivity index (χ4n) is 2.75. The summed E-state index contributed by atoms with van der Waals surface area (Å²) in [5, 5.41) is 9.39. The molecule has 0 spiro atoms. The van der Waals surface area contributed by atoms with Gasteiger partial charge in [0, 0.05) is 22.8 Å². The fraction of sp³-hybridized carbons (Fsp3) is 0.150. The number of nitrogens with zero attached hydrogens (tertiary/aromatic N) is 3. The van der Waals surface area contributed by atoms with Crippen LogP contribution in [-0.2, 0) is 13.1 Å². The molecule has 0 amide bonds. The van der Waals surface area contributed by atoms with Crippen LogP contribution in [0.15, 0.2) is 63.9 Å². The Morgan fingerprint density at radius 3 is 2.50 bits per heavy atom. The van der Waals surface area contributed by atoms with Gasteiger partial charge in [0.1, 0.15) is 0 Å². The maximum Gasteiger partial charge on any atom is 0.274 e. The second-order valence-corrected chi connectivity index (χ2v) is 7.41. The van der Waals surface area contributed by atoms with E-state index in [1.54, 1.807) is 0 Å². The van der Waals surface area contributed by atoms with Gasteiger partial charge in [0.05, 0.1) is 12.2 Å². The zero-order chi connectivity index (χ0) is 19.5. The number of H-pyrrole nitrogens is 1. The summed E-state index contributed by atoms with van der Waals surface area (Å²) in [6.45, 7) is 3.09. The van der Waals surface area contributed by atoms with Crippen LogP contribution in [0.1, 0.15) is 16.8 Å². The van der Waals surface area contributed by atoms with Crippen LogP contribution in [0, 0.1) is 6.92 Å². The van der Waals surface area contributed by atoms with Crippen LogP contribution in [0.3, 0.4) is 0 Å². The minimum Gasteiger partial charge on any atom is -0.379 e. The average molecular weight is 439 g/mol. The molecule has 0 aliphatic heterocycles. The van der Waals surface area contributed by atoms with Crippen molar-refractivity contribution in [1.82, 2.24) is 19.6 Å². The van der Waals surface area contributed by atoms with Crippen LogP contribution >= 0.6 is 15.9 Å². The second kappa shape index (κ2) is 7.85. The molecule has 28 heavy (non-hydrogen) atoms. The second-order valence-electron chi connectivity index (χ2n) is 6.49. The van der Waals surface area contributed by atoms with Crippen LogP contribution in [-0.4, -0.2) is 19.6 Å². The predicted molar refractivity (Wildman–Crippen MR) is 114 cm³/mol. The molecule has 8 heteroatoms. The van der Waals surface area contributed by atoms with Crippen molar-refractivity contribution in [3.8, 4) is 0 Å². The number of rotatable bonds is 6. The van der Waals surface area contributed by atoms with Gasteiger partial charge in [0.2, 0.25) is 5.95 Å². The molecular weight excluding hydrogens is 420 g/mol. The molecule has 0 radical (unpaired) electrons. The molecule has 0 saturated heterocycles. The van der Waals surface area contributed by atoms with E-state index in [9.17, 15) is 4.79 Å². The molecular formula is C20H19BrN6O. The summed E-state index contributed by atoms with van der Waals surface area (Å²) in [7, 11) is 0. The Balaban J connectivity index is 1.47. The molecule has 0 unspecified atom stereocenters. The maximum absolute atomic E-state index is 12.4. The third-order valence-corrected chi connectivity index (χ3v) is 4.81. The van der Waals surface area contributed by atoms with Crippen LogP contribution < -0.4 is 16.2 Å². The molecule has 0 saturated carbocycles. The molecule has 7 nitrogen and oxygen atoms in total. The van der Waals surface area contributed by atoms with Crippen molar-refractivity contribution in [2.75, 3.05) is 10.6 Å². The monoisotopic (exact) mass is 438 g/mol. The molecule has 0 bridgehead atoms. The summed E-state index contributed by atoms with van der Waals surface area (Å²) in [4.78, 5) is 21.2. The van der Waals surface area contributed by atoms with Crippen molar-refractivity contribution in [3.63, 3.8) is 0 Å². The van der Waals surface area contributed by atoms with Crippen molar-refractivity contribution in [2.24, 2.45) is 0 Å². The molecule has 142 valence electrons. The van der Waals surface area contributed by atoms with E-state index < -0.39 is 0 Å². The van der Waals surface area contributed by atoms with Crippen LogP contribution in [0.5, 0.6) is 0 Å². The molecule has 4 rings (SSSR count). The third kappa shape index (κ3) is 4.23. The molecule has 3 N–H and O–H groups in total. The van der Waals surface area contributed by atoms with E-state index in [1.165, 1.54) is 16.1 Å².